The average molecular weight is 430 g/mol. The van der Waals surface area contributed by atoms with E-state index < -0.39 is 0 Å². The minimum Gasteiger partial charge on any atom is -0.495 e. The zero-order valence-corrected chi connectivity index (χ0v) is 16.7. The van der Waals surface area contributed by atoms with E-state index in [2.05, 4.69) is 26.3 Å². The fourth-order valence-corrected chi connectivity index (χ4v) is 3.28. The van der Waals surface area contributed by atoms with Gasteiger partial charge in [-0.3, -0.25) is 9.48 Å². The van der Waals surface area contributed by atoms with Gasteiger partial charge in [-0.25, -0.2) is 0 Å². The summed E-state index contributed by atoms with van der Waals surface area (Å²) in [7, 11) is 3.10. The Hall–Kier alpha value is -2.80. The van der Waals surface area contributed by atoms with Gasteiger partial charge in [0, 0.05) is 24.5 Å². The van der Waals surface area contributed by atoms with Crippen LogP contribution in [0.3, 0.4) is 0 Å². The fraction of sp³-hybridized carbons (Fsp3) is 0.200. The van der Waals surface area contributed by atoms with E-state index in [1.807, 2.05) is 41.2 Å². The van der Waals surface area contributed by atoms with Gasteiger partial charge in [0.25, 0.3) is 5.91 Å². The highest BCUT2D eigenvalue weighted by Crippen LogP contribution is 2.35. The summed E-state index contributed by atoms with van der Waals surface area (Å²) in [6.45, 7) is 1.07. The van der Waals surface area contributed by atoms with Crippen LogP contribution >= 0.6 is 15.9 Å². The third-order valence-corrected chi connectivity index (χ3v) is 4.94. The van der Waals surface area contributed by atoms with Crippen molar-refractivity contribution in [1.29, 1.82) is 0 Å². The van der Waals surface area contributed by atoms with Gasteiger partial charge < -0.3 is 14.8 Å². The van der Waals surface area contributed by atoms with Crippen LogP contribution in [-0.4, -0.2) is 29.9 Å². The number of carbonyl (C=O) groups is 1. The zero-order chi connectivity index (χ0) is 19.2. The van der Waals surface area contributed by atoms with Crippen molar-refractivity contribution >= 4 is 21.8 Å². The van der Waals surface area contributed by atoms with E-state index >= 15 is 0 Å². The van der Waals surface area contributed by atoms with Gasteiger partial charge in [0.05, 0.1) is 20.8 Å². The van der Waals surface area contributed by atoms with Crippen molar-refractivity contribution in [3.8, 4) is 11.5 Å². The highest BCUT2D eigenvalue weighted by Gasteiger charge is 2.15. The van der Waals surface area contributed by atoms with Crippen molar-refractivity contribution in [3.63, 3.8) is 0 Å². The highest BCUT2D eigenvalue weighted by atomic mass is 79.9. The van der Waals surface area contributed by atoms with Gasteiger partial charge in [0.15, 0.2) is 0 Å². The van der Waals surface area contributed by atoms with Gasteiger partial charge in [-0.15, -0.1) is 0 Å². The maximum Gasteiger partial charge on any atom is 0.251 e. The molecule has 0 unspecified atom stereocenters. The van der Waals surface area contributed by atoms with Crippen molar-refractivity contribution in [1.82, 2.24) is 15.1 Å². The first-order chi connectivity index (χ1) is 13.1. The number of aromatic nitrogens is 2. The molecule has 0 radical (unpaired) electrons. The number of benzene rings is 2. The van der Waals surface area contributed by atoms with Crippen molar-refractivity contribution < 1.29 is 14.3 Å². The summed E-state index contributed by atoms with van der Waals surface area (Å²) in [5.74, 6) is 0.880. The molecule has 0 aliphatic carbocycles. The number of methoxy groups -OCH3 is 2. The van der Waals surface area contributed by atoms with Crippen LogP contribution in [0.1, 0.15) is 21.5 Å². The smallest absolute Gasteiger partial charge is 0.251 e. The lowest BCUT2D eigenvalue weighted by Gasteiger charge is -2.13. The SMILES string of the molecule is COc1cc(C(=O)NCc2ccccc2Cn2cccn2)cc(OC)c1Br. The van der Waals surface area contributed by atoms with E-state index in [0.29, 0.717) is 34.6 Å². The first-order valence-electron chi connectivity index (χ1n) is 8.36. The molecule has 6 nitrogen and oxygen atoms in total. The van der Waals surface area contributed by atoms with Gasteiger partial charge in [0.1, 0.15) is 16.0 Å². The molecule has 0 fully saturated rings. The molecule has 0 spiro atoms. The fourth-order valence-electron chi connectivity index (χ4n) is 2.73. The Morgan fingerprint density at radius 3 is 2.37 bits per heavy atom. The Morgan fingerprint density at radius 2 is 1.78 bits per heavy atom. The van der Waals surface area contributed by atoms with Crippen LogP contribution in [0.25, 0.3) is 0 Å². The van der Waals surface area contributed by atoms with Crippen molar-refractivity contribution in [3.05, 3.63) is 76.0 Å². The summed E-state index contributed by atoms with van der Waals surface area (Å²) in [4.78, 5) is 12.6. The first kappa shape index (κ1) is 19.0. The predicted molar refractivity (Wildman–Crippen MR) is 106 cm³/mol. The lowest BCUT2D eigenvalue weighted by molar-refractivity contribution is 0.0950. The predicted octanol–water partition coefficient (Wildman–Crippen LogP) is 3.64. The number of ether oxygens (including phenoxy) is 2. The molecule has 0 bridgehead atoms. The van der Waals surface area contributed by atoms with E-state index in [1.54, 1.807) is 32.5 Å². The quantitative estimate of drug-likeness (QED) is 0.622. The largest absolute Gasteiger partial charge is 0.495 e. The summed E-state index contributed by atoms with van der Waals surface area (Å²) in [5.41, 5.74) is 2.61. The summed E-state index contributed by atoms with van der Waals surface area (Å²) in [6, 6.07) is 13.2. The Morgan fingerprint density at radius 1 is 1.11 bits per heavy atom. The summed E-state index contributed by atoms with van der Waals surface area (Å²) in [6.07, 6.45) is 3.66. The standard InChI is InChI=1S/C20H20BrN3O3/c1-26-17-10-16(11-18(27-2)19(17)21)20(25)22-12-14-6-3-4-7-15(14)13-24-9-5-8-23-24/h3-11H,12-13H2,1-2H3,(H,22,25). The van der Waals surface area contributed by atoms with Gasteiger partial charge in [-0.1, -0.05) is 24.3 Å². The summed E-state index contributed by atoms with van der Waals surface area (Å²) in [5, 5.41) is 7.20. The molecule has 7 heteroatoms. The molecule has 1 aromatic heterocycles. The Bertz CT molecular complexity index is 901. The average Bonchev–Trinajstić information content (AvgIpc) is 3.20. The molecule has 3 aromatic rings. The van der Waals surface area contributed by atoms with Crippen LogP contribution < -0.4 is 14.8 Å². The van der Waals surface area contributed by atoms with Crippen LogP contribution in [0.15, 0.2) is 59.3 Å². The van der Waals surface area contributed by atoms with Crippen LogP contribution in [0.5, 0.6) is 11.5 Å². The molecule has 3 rings (SSSR count). The third-order valence-electron chi connectivity index (χ3n) is 4.16. The molecule has 1 amide bonds. The molecular formula is C20H20BrN3O3. The van der Waals surface area contributed by atoms with E-state index in [-0.39, 0.29) is 5.91 Å². The summed E-state index contributed by atoms with van der Waals surface area (Å²) >= 11 is 3.41. The number of nitrogens with one attached hydrogen (secondary N) is 1. The van der Waals surface area contributed by atoms with Gasteiger partial charge >= 0.3 is 0 Å². The molecular weight excluding hydrogens is 410 g/mol. The number of rotatable bonds is 7. The van der Waals surface area contributed by atoms with Gasteiger partial charge in [-0.2, -0.15) is 5.10 Å². The number of nitrogens with zero attached hydrogens (tertiary/aromatic N) is 2. The number of amides is 1. The molecule has 2 aromatic carbocycles. The second kappa shape index (κ2) is 8.73. The van der Waals surface area contributed by atoms with E-state index in [9.17, 15) is 4.79 Å². The van der Waals surface area contributed by atoms with E-state index in [0.717, 1.165) is 11.1 Å². The van der Waals surface area contributed by atoms with Crippen LogP contribution in [0.2, 0.25) is 0 Å². The lowest BCUT2D eigenvalue weighted by atomic mass is 10.1. The Labute approximate surface area is 166 Å². The normalized spacial score (nSPS) is 10.5. The first-order valence-corrected chi connectivity index (χ1v) is 9.15. The second-order valence-corrected chi connectivity index (χ2v) is 6.64. The van der Waals surface area contributed by atoms with E-state index in [4.69, 9.17) is 9.47 Å². The molecule has 0 aliphatic rings. The molecule has 0 saturated carbocycles. The van der Waals surface area contributed by atoms with Crippen molar-refractivity contribution in [2.45, 2.75) is 13.1 Å². The summed E-state index contributed by atoms with van der Waals surface area (Å²) < 4.78 is 13.1. The number of hydrogen-bond acceptors (Lipinski definition) is 4. The number of hydrogen-bond donors (Lipinski definition) is 1. The molecule has 140 valence electrons. The molecule has 1 N–H and O–H groups in total. The van der Waals surface area contributed by atoms with Crippen molar-refractivity contribution in [2.24, 2.45) is 0 Å². The maximum absolute atomic E-state index is 12.6. The Balaban J connectivity index is 1.75. The minimum absolute atomic E-state index is 0.201. The third kappa shape index (κ3) is 4.49. The maximum atomic E-state index is 12.6. The molecule has 0 aliphatic heterocycles. The van der Waals surface area contributed by atoms with E-state index in [1.165, 1.54) is 0 Å². The van der Waals surface area contributed by atoms with Gasteiger partial charge in [0.2, 0.25) is 0 Å². The van der Waals surface area contributed by atoms with Crippen LogP contribution in [0.4, 0.5) is 0 Å². The van der Waals surface area contributed by atoms with Crippen molar-refractivity contribution in [2.75, 3.05) is 14.2 Å². The monoisotopic (exact) mass is 429 g/mol. The number of halogens is 1. The minimum atomic E-state index is -0.201. The van der Waals surface area contributed by atoms with Crippen LogP contribution in [-0.2, 0) is 13.1 Å². The molecule has 0 atom stereocenters. The van der Waals surface area contributed by atoms with Crippen LogP contribution in [0, 0.1) is 0 Å². The van der Waals surface area contributed by atoms with Gasteiger partial charge in [-0.05, 0) is 45.3 Å². The molecule has 1 heterocycles. The Kier molecular flexibility index (Phi) is 6.13. The second-order valence-electron chi connectivity index (χ2n) is 5.85. The lowest BCUT2D eigenvalue weighted by Crippen LogP contribution is -2.23. The number of carbonyl (C=O) groups excluding carboxylic acids is 1. The topological polar surface area (TPSA) is 65.4 Å². The molecule has 27 heavy (non-hydrogen) atoms. The molecule has 0 saturated heterocycles. The highest BCUT2D eigenvalue weighted by molar-refractivity contribution is 9.10. The zero-order valence-electron chi connectivity index (χ0n) is 15.1.